The van der Waals surface area contributed by atoms with Gasteiger partial charge in [-0.05, 0) is 19.4 Å². The van der Waals surface area contributed by atoms with Gasteiger partial charge in [-0.3, -0.25) is 0 Å². The molecule has 1 unspecified atom stereocenters. The quantitative estimate of drug-likeness (QED) is 0.855. The first kappa shape index (κ1) is 16.4. The molecule has 1 aromatic rings. The van der Waals surface area contributed by atoms with Crippen LogP contribution in [-0.2, 0) is 12.8 Å². The number of hydrogen-bond acceptors (Lipinski definition) is 4. The van der Waals surface area contributed by atoms with E-state index < -0.39 is 0 Å². The Kier molecular flexibility index (Phi) is 6.72. The standard InChI is InChI=1S/C12H23N3O.ClH/c1-6-12(3,4)8-11-14-10(15-16-11)7-9(2)13-5;/h9,13H,6-8H2,1-5H3;1H. The minimum Gasteiger partial charge on any atom is -0.339 e. The number of nitrogens with zero attached hydrogens (tertiary/aromatic N) is 2. The van der Waals surface area contributed by atoms with Gasteiger partial charge in [-0.25, -0.2) is 0 Å². The summed E-state index contributed by atoms with van der Waals surface area (Å²) in [5.41, 5.74) is 0.235. The lowest BCUT2D eigenvalue weighted by Crippen LogP contribution is -2.24. The SMILES string of the molecule is CCC(C)(C)Cc1nc(CC(C)NC)no1.Cl. The molecule has 0 aliphatic rings. The Morgan fingerprint density at radius 3 is 2.59 bits per heavy atom. The van der Waals surface area contributed by atoms with Crippen molar-refractivity contribution >= 4 is 12.4 Å². The fourth-order valence-corrected chi connectivity index (χ4v) is 1.36. The second-order valence-electron chi connectivity index (χ2n) is 5.19. The number of aromatic nitrogens is 2. The largest absolute Gasteiger partial charge is 0.339 e. The van der Waals surface area contributed by atoms with Crippen LogP contribution in [0.25, 0.3) is 0 Å². The lowest BCUT2D eigenvalue weighted by molar-refractivity contribution is 0.284. The molecule has 1 heterocycles. The normalized spacial score (nSPS) is 13.2. The van der Waals surface area contributed by atoms with Gasteiger partial charge < -0.3 is 9.84 Å². The molecule has 1 N–H and O–H groups in total. The topological polar surface area (TPSA) is 51.0 Å². The maximum absolute atomic E-state index is 5.26. The van der Waals surface area contributed by atoms with E-state index in [1.807, 2.05) is 7.05 Å². The molecule has 0 aliphatic heterocycles. The molecule has 0 radical (unpaired) electrons. The van der Waals surface area contributed by atoms with Gasteiger partial charge in [0, 0.05) is 18.9 Å². The van der Waals surface area contributed by atoms with Crippen molar-refractivity contribution < 1.29 is 4.52 Å². The summed E-state index contributed by atoms with van der Waals surface area (Å²) in [6.07, 6.45) is 2.77. The number of likely N-dealkylation sites (N-methyl/N-ethyl adjacent to an activating group) is 1. The van der Waals surface area contributed by atoms with Crippen LogP contribution in [0.15, 0.2) is 4.52 Å². The fraction of sp³-hybridized carbons (Fsp3) is 0.833. The van der Waals surface area contributed by atoms with Crippen molar-refractivity contribution in [3.8, 4) is 0 Å². The van der Waals surface area contributed by atoms with Crippen molar-refractivity contribution in [2.24, 2.45) is 5.41 Å². The van der Waals surface area contributed by atoms with Gasteiger partial charge >= 0.3 is 0 Å². The van der Waals surface area contributed by atoms with Crippen LogP contribution in [0.5, 0.6) is 0 Å². The minimum atomic E-state index is 0. The molecule has 1 rings (SSSR count). The van der Waals surface area contributed by atoms with Crippen LogP contribution >= 0.6 is 12.4 Å². The van der Waals surface area contributed by atoms with Gasteiger partial charge in [0.15, 0.2) is 5.82 Å². The average Bonchev–Trinajstić information content (AvgIpc) is 2.64. The first-order valence-corrected chi connectivity index (χ1v) is 5.95. The molecule has 0 fully saturated rings. The zero-order valence-electron chi connectivity index (χ0n) is 11.4. The average molecular weight is 262 g/mol. The highest BCUT2D eigenvalue weighted by molar-refractivity contribution is 5.85. The van der Waals surface area contributed by atoms with Crippen molar-refractivity contribution in [3.63, 3.8) is 0 Å². The Morgan fingerprint density at radius 1 is 1.41 bits per heavy atom. The molecule has 100 valence electrons. The first-order chi connectivity index (χ1) is 7.46. The molecular weight excluding hydrogens is 238 g/mol. The maximum Gasteiger partial charge on any atom is 0.227 e. The van der Waals surface area contributed by atoms with Crippen molar-refractivity contribution in [2.75, 3.05) is 7.05 Å². The summed E-state index contributed by atoms with van der Waals surface area (Å²) in [6, 6.07) is 0.379. The van der Waals surface area contributed by atoms with Crippen LogP contribution in [0.2, 0.25) is 0 Å². The van der Waals surface area contributed by atoms with E-state index in [9.17, 15) is 0 Å². The van der Waals surface area contributed by atoms with Gasteiger partial charge in [-0.15, -0.1) is 12.4 Å². The maximum atomic E-state index is 5.26. The Balaban J connectivity index is 0.00000256. The molecule has 0 aliphatic carbocycles. The summed E-state index contributed by atoms with van der Waals surface area (Å²) in [5.74, 6) is 1.55. The summed E-state index contributed by atoms with van der Waals surface area (Å²) >= 11 is 0. The predicted molar refractivity (Wildman–Crippen MR) is 71.5 cm³/mol. The lowest BCUT2D eigenvalue weighted by atomic mass is 9.86. The van der Waals surface area contributed by atoms with Crippen molar-refractivity contribution in [1.82, 2.24) is 15.5 Å². The predicted octanol–water partition coefficient (Wildman–Crippen LogP) is 2.62. The molecule has 0 bridgehead atoms. The van der Waals surface area contributed by atoms with E-state index in [1.54, 1.807) is 0 Å². The number of rotatable bonds is 6. The van der Waals surface area contributed by atoms with E-state index >= 15 is 0 Å². The Hall–Kier alpha value is -0.610. The van der Waals surface area contributed by atoms with E-state index in [2.05, 4.69) is 43.2 Å². The molecule has 0 saturated heterocycles. The molecule has 0 spiro atoms. The van der Waals surface area contributed by atoms with Gasteiger partial charge in [0.2, 0.25) is 5.89 Å². The fourth-order valence-electron chi connectivity index (χ4n) is 1.36. The van der Waals surface area contributed by atoms with Gasteiger partial charge in [0.25, 0.3) is 0 Å². The van der Waals surface area contributed by atoms with Crippen LogP contribution in [-0.4, -0.2) is 23.2 Å². The Morgan fingerprint density at radius 2 is 2.06 bits per heavy atom. The molecule has 5 heteroatoms. The Labute approximate surface area is 110 Å². The second kappa shape index (κ2) is 6.97. The van der Waals surface area contributed by atoms with Crippen LogP contribution in [0.4, 0.5) is 0 Å². The van der Waals surface area contributed by atoms with Gasteiger partial charge in [0.1, 0.15) is 0 Å². The van der Waals surface area contributed by atoms with E-state index in [4.69, 9.17) is 4.52 Å². The molecule has 0 aromatic carbocycles. The zero-order valence-corrected chi connectivity index (χ0v) is 12.2. The Bertz CT molecular complexity index is 325. The van der Waals surface area contributed by atoms with Crippen LogP contribution in [0, 0.1) is 5.41 Å². The second-order valence-corrected chi connectivity index (χ2v) is 5.19. The summed E-state index contributed by atoms with van der Waals surface area (Å²) < 4.78 is 5.26. The third-order valence-electron chi connectivity index (χ3n) is 3.08. The lowest BCUT2D eigenvalue weighted by Gasteiger charge is -2.19. The number of hydrogen-bond donors (Lipinski definition) is 1. The molecular formula is C12H24ClN3O. The highest BCUT2D eigenvalue weighted by Crippen LogP contribution is 2.24. The third-order valence-corrected chi connectivity index (χ3v) is 3.08. The van der Waals surface area contributed by atoms with E-state index in [0.717, 1.165) is 31.0 Å². The summed E-state index contributed by atoms with van der Waals surface area (Å²) in [7, 11) is 1.94. The van der Waals surface area contributed by atoms with Crippen molar-refractivity contribution in [2.45, 2.75) is 53.0 Å². The van der Waals surface area contributed by atoms with E-state index in [-0.39, 0.29) is 17.8 Å². The molecule has 1 aromatic heterocycles. The summed E-state index contributed by atoms with van der Waals surface area (Å²) in [5, 5.41) is 7.16. The van der Waals surface area contributed by atoms with Gasteiger partial charge in [-0.2, -0.15) is 4.98 Å². The first-order valence-electron chi connectivity index (χ1n) is 5.95. The zero-order chi connectivity index (χ0) is 12.2. The number of halogens is 1. The third kappa shape index (κ3) is 5.50. The van der Waals surface area contributed by atoms with Crippen molar-refractivity contribution in [3.05, 3.63) is 11.7 Å². The van der Waals surface area contributed by atoms with E-state index in [0.29, 0.717) is 6.04 Å². The highest BCUT2D eigenvalue weighted by atomic mass is 35.5. The number of nitrogens with one attached hydrogen (secondary N) is 1. The van der Waals surface area contributed by atoms with Crippen LogP contribution in [0.1, 0.15) is 45.8 Å². The van der Waals surface area contributed by atoms with Crippen molar-refractivity contribution in [1.29, 1.82) is 0 Å². The van der Waals surface area contributed by atoms with E-state index in [1.165, 1.54) is 0 Å². The summed E-state index contributed by atoms with van der Waals surface area (Å²) in [4.78, 5) is 4.41. The summed E-state index contributed by atoms with van der Waals surface area (Å²) in [6.45, 7) is 8.71. The molecule has 17 heavy (non-hydrogen) atoms. The molecule has 4 nitrogen and oxygen atoms in total. The van der Waals surface area contributed by atoms with Crippen LogP contribution < -0.4 is 5.32 Å². The van der Waals surface area contributed by atoms with Crippen LogP contribution in [0.3, 0.4) is 0 Å². The smallest absolute Gasteiger partial charge is 0.227 e. The minimum absolute atomic E-state index is 0. The molecule has 0 saturated carbocycles. The van der Waals surface area contributed by atoms with Gasteiger partial charge in [-0.1, -0.05) is 32.3 Å². The molecule has 1 atom stereocenters. The van der Waals surface area contributed by atoms with Gasteiger partial charge in [0.05, 0.1) is 0 Å². The monoisotopic (exact) mass is 261 g/mol. The molecule has 0 amide bonds. The highest BCUT2D eigenvalue weighted by Gasteiger charge is 2.20.